The topological polar surface area (TPSA) is 56.9 Å². The second-order valence-corrected chi connectivity index (χ2v) is 2.18. The molecule has 0 rings (SSSR count). The lowest BCUT2D eigenvalue weighted by atomic mass is 10.2. The summed E-state index contributed by atoms with van der Waals surface area (Å²) in [4.78, 5) is 0. The molecule has 2 N–H and O–H groups in total. The van der Waals surface area contributed by atoms with Crippen molar-refractivity contribution >= 4 is 11.8 Å². The van der Waals surface area contributed by atoms with Gasteiger partial charge in [-0.3, -0.25) is 10.8 Å². The predicted molar refractivity (Wildman–Crippen MR) is 37.1 cm³/mol. The first kappa shape index (κ1) is 8.14. The summed E-state index contributed by atoms with van der Waals surface area (Å²) in [5.41, 5.74) is 0. The van der Waals surface area contributed by atoms with Gasteiger partial charge in [-0.05, 0) is 0 Å². The maximum absolute atomic E-state index is 7.11. The van der Waals surface area contributed by atoms with Crippen LogP contribution >= 0.6 is 0 Å². The molecule has 0 unspecified atom stereocenters. The standard InChI is InChI=1S/C6H12N2O/c1-4(2)6(8)9-5(3)7/h4,7-8H,1-3H3. The van der Waals surface area contributed by atoms with Crippen molar-refractivity contribution in [1.29, 1.82) is 10.8 Å². The normalized spacial score (nSPS) is 9.33. The molecular formula is C6H12N2O. The Morgan fingerprint density at radius 1 is 1.33 bits per heavy atom. The SMILES string of the molecule is CC(=N)OC(=N)C(C)C. The summed E-state index contributed by atoms with van der Waals surface area (Å²) in [6.07, 6.45) is 0. The fourth-order valence-corrected chi connectivity index (χ4v) is 0.283. The van der Waals surface area contributed by atoms with Gasteiger partial charge in [-0.2, -0.15) is 0 Å². The van der Waals surface area contributed by atoms with Gasteiger partial charge >= 0.3 is 0 Å². The Bertz CT molecular complexity index is 129. The molecule has 52 valence electrons. The monoisotopic (exact) mass is 128 g/mol. The lowest BCUT2D eigenvalue weighted by Gasteiger charge is -2.06. The Balaban J connectivity index is 3.64. The van der Waals surface area contributed by atoms with Crippen molar-refractivity contribution < 1.29 is 4.74 Å². The molecule has 0 bridgehead atoms. The summed E-state index contributed by atoms with van der Waals surface area (Å²) in [6, 6.07) is 0. The van der Waals surface area contributed by atoms with Crippen molar-refractivity contribution in [3.05, 3.63) is 0 Å². The van der Waals surface area contributed by atoms with Gasteiger partial charge in [0.05, 0.1) is 0 Å². The molecule has 0 saturated carbocycles. The first-order valence-electron chi connectivity index (χ1n) is 2.85. The number of nitrogens with one attached hydrogen (secondary N) is 2. The minimum atomic E-state index is 0.0744. The van der Waals surface area contributed by atoms with Gasteiger partial charge in [0, 0.05) is 12.8 Å². The van der Waals surface area contributed by atoms with E-state index in [2.05, 4.69) is 4.74 Å². The summed E-state index contributed by atoms with van der Waals surface area (Å²) >= 11 is 0. The zero-order valence-electron chi connectivity index (χ0n) is 5.99. The van der Waals surface area contributed by atoms with E-state index >= 15 is 0 Å². The number of hydrogen-bond acceptors (Lipinski definition) is 3. The quantitative estimate of drug-likeness (QED) is 0.409. The van der Waals surface area contributed by atoms with Crippen LogP contribution in [0.5, 0.6) is 0 Å². The van der Waals surface area contributed by atoms with Crippen LogP contribution in [0.25, 0.3) is 0 Å². The molecule has 3 heteroatoms. The summed E-state index contributed by atoms with van der Waals surface area (Å²) < 4.78 is 4.68. The molecule has 0 aromatic heterocycles. The van der Waals surface area contributed by atoms with Gasteiger partial charge < -0.3 is 4.74 Å². The zero-order valence-corrected chi connectivity index (χ0v) is 5.99. The summed E-state index contributed by atoms with van der Waals surface area (Å²) in [5, 5.41) is 14.0. The first-order valence-corrected chi connectivity index (χ1v) is 2.85. The van der Waals surface area contributed by atoms with E-state index in [1.807, 2.05) is 13.8 Å². The Hall–Kier alpha value is -0.860. The van der Waals surface area contributed by atoms with Gasteiger partial charge in [0.2, 0.25) is 0 Å². The van der Waals surface area contributed by atoms with Crippen LogP contribution < -0.4 is 0 Å². The van der Waals surface area contributed by atoms with Crippen LogP contribution in [-0.2, 0) is 4.74 Å². The van der Waals surface area contributed by atoms with Crippen LogP contribution in [0.15, 0.2) is 0 Å². The third kappa shape index (κ3) is 3.70. The van der Waals surface area contributed by atoms with Crippen molar-refractivity contribution in [2.24, 2.45) is 5.92 Å². The van der Waals surface area contributed by atoms with Crippen LogP contribution in [0.1, 0.15) is 20.8 Å². The van der Waals surface area contributed by atoms with Crippen molar-refractivity contribution in [1.82, 2.24) is 0 Å². The Labute approximate surface area is 55.0 Å². The fourth-order valence-electron chi connectivity index (χ4n) is 0.283. The van der Waals surface area contributed by atoms with E-state index in [0.29, 0.717) is 0 Å². The third-order valence-electron chi connectivity index (χ3n) is 0.787. The van der Waals surface area contributed by atoms with Crippen LogP contribution in [0.2, 0.25) is 0 Å². The Morgan fingerprint density at radius 2 is 1.78 bits per heavy atom. The van der Waals surface area contributed by atoms with Crippen LogP contribution in [0, 0.1) is 16.7 Å². The van der Waals surface area contributed by atoms with E-state index in [1.54, 1.807) is 0 Å². The van der Waals surface area contributed by atoms with E-state index < -0.39 is 0 Å². The second-order valence-electron chi connectivity index (χ2n) is 2.18. The summed E-state index contributed by atoms with van der Waals surface area (Å²) in [5.74, 6) is 0.307. The summed E-state index contributed by atoms with van der Waals surface area (Å²) in [6.45, 7) is 5.22. The molecule has 0 atom stereocenters. The minimum Gasteiger partial charge on any atom is -0.430 e. The molecule has 3 nitrogen and oxygen atoms in total. The number of rotatable bonds is 1. The van der Waals surface area contributed by atoms with E-state index in [-0.39, 0.29) is 17.7 Å². The second kappa shape index (κ2) is 3.22. The molecule has 0 amide bonds. The highest BCUT2D eigenvalue weighted by molar-refractivity contribution is 5.87. The van der Waals surface area contributed by atoms with Crippen molar-refractivity contribution in [3.63, 3.8) is 0 Å². The molecule has 0 spiro atoms. The largest absolute Gasteiger partial charge is 0.430 e. The van der Waals surface area contributed by atoms with Crippen LogP contribution in [0.4, 0.5) is 0 Å². The highest BCUT2D eigenvalue weighted by Gasteiger charge is 2.03. The average molecular weight is 128 g/mol. The molecule has 9 heavy (non-hydrogen) atoms. The molecule has 0 heterocycles. The smallest absolute Gasteiger partial charge is 0.191 e. The van der Waals surface area contributed by atoms with E-state index in [9.17, 15) is 0 Å². The van der Waals surface area contributed by atoms with Crippen molar-refractivity contribution in [3.8, 4) is 0 Å². The van der Waals surface area contributed by atoms with Crippen LogP contribution in [0.3, 0.4) is 0 Å². The highest BCUT2D eigenvalue weighted by atomic mass is 16.5. The van der Waals surface area contributed by atoms with E-state index in [4.69, 9.17) is 10.8 Å². The molecule has 0 fully saturated rings. The van der Waals surface area contributed by atoms with E-state index in [1.165, 1.54) is 6.92 Å². The lowest BCUT2D eigenvalue weighted by molar-refractivity contribution is 0.486. The fraction of sp³-hybridized carbons (Fsp3) is 0.667. The lowest BCUT2D eigenvalue weighted by Crippen LogP contribution is -2.13. The highest BCUT2D eigenvalue weighted by Crippen LogP contribution is 1.95. The Morgan fingerprint density at radius 3 is 1.89 bits per heavy atom. The van der Waals surface area contributed by atoms with Gasteiger partial charge in [-0.15, -0.1) is 0 Å². The van der Waals surface area contributed by atoms with Gasteiger partial charge in [-0.1, -0.05) is 13.8 Å². The molecule has 0 saturated heterocycles. The zero-order chi connectivity index (χ0) is 7.44. The molecule has 0 radical (unpaired) electrons. The molecule has 0 aliphatic rings. The van der Waals surface area contributed by atoms with Gasteiger partial charge in [0.1, 0.15) is 0 Å². The Kier molecular flexibility index (Phi) is 2.91. The molecule has 0 aliphatic heterocycles. The average Bonchev–Trinajstić information content (AvgIpc) is 1.63. The summed E-state index contributed by atoms with van der Waals surface area (Å²) in [7, 11) is 0. The maximum Gasteiger partial charge on any atom is 0.191 e. The predicted octanol–water partition coefficient (Wildman–Crippen LogP) is 1.63. The molecule has 0 aromatic carbocycles. The first-order chi connectivity index (χ1) is 4.04. The minimum absolute atomic E-state index is 0.0744. The molecular weight excluding hydrogens is 116 g/mol. The van der Waals surface area contributed by atoms with Gasteiger partial charge in [0.25, 0.3) is 0 Å². The molecule has 0 aliphatic carbocycles. The van der Waals surface area contributed by atoms with Crippen molar-refractivity contribution in [2.75, 3.05) is 0 Å². The van der Waals surface area contributed by atoms with Gasteiger partial charge in [-0.25, -0.2) is 0 Å². The maximum atomic E-state index is 7.11. The van der Waals surface area contributed by atoms with E-state index in [0.717, 1.165) is 0 Å². The number of ether oxygens (including phenoxy) is 1. The molecule has 0 aromatic rings. The third-order valence-corrected chi connectivity index (χ3v) is 0.787. The number of hydrogen-bond donors (Lipinski definition) is 2. The van der Waals surface area contributed by atoms with Crippen molar-refractivity contribution in [2.45, 2.75) is 20.8 Å². The van der Waals surface area contributed by atoms with Gasteiger partial charge in [0.15, 0.2) is 11.8 Å². The van der Waals surface area contributed by atoms with Crippen LogP contribution in [-0.4, -0.2) is 11.8 Å².